The summed E-state index contributed by atoms with van der Waals surface area (Å²) in [4.78, 5) is 13.9. The number of piperazine rings is 1. The van der Waals surface area contributed by atoms with Gasteiger partial charge in [-0.1, -0.05) is 0 Å². The molecule has 1 aromatic rings. The fourth-order valence-electron chi connectivity index (χ4n) is 2.02. The number of carbonyl (C=O) groups excluding carboxylic acids is 1. The zero-order valence-corrected chi connectivity index (χ0v) is 13.1. The van der Waals surface area contributed by atoms with Crippen LogP contribution in [0.1, 0.15) is 10.4 Å². The van der Waals surface area contributed by atoms with E-state index in [2.05, 4.69) is 10.0 Å². The second kappa shape index (κ2) is 6.97. The Kier molecular flexibility index (Phi) is 5.82. The van der Waals surface area contributed by atoms with E-state index in [0.717, 1.165) is 6.26 Å². The number of sulfonamides is 1. The molecule has 1 aromatic carbocycles. The lowest BCUT2D eigenvalue weighted by Gasteiger charge is -2.27. The van der Waals surface area contributed by atoms with Crippen molar-refractivity contribution < 1.29 is 18.3 Å². The van der Waals surface area contributed by atoms with Crippen LogP contribution >= 0.6 is 12.4 Å². The molecule has 118 valence electrons. The van der Waals surface area contributed by atoms with Crippen molar-refractivity contribution in [3.8, 4) is 5.75 Å². The molecule has 0 aliphatic carbocycles. The van der Waals surface area contributed by atoms with E-state index >= 15 is 0 Å². The van der Waals surface area contributed by atoms with Crippen LogP contribution in [0.4, 0.5) is 5.69 Å². The molecule has 1 amide bonds. The molecule has 2 rings (SSSR count). The van der Waals surface area contributed by atoms with E-state index in [4.69, 9.17) is 0 Å². The molecule has 0 saturated carbocycles. The molecule has 0 unspecified atom stereocenters. The van der Waals surface area contributed by atoms with Gasteiger partial charge in [0.1, 0.15) is 5.75 Å². The number of phenolic OH excluding ortho intramolecular Hbond substituents is 1. The monoisotopic (exact) mass is 335 g/mol. The summed E-state index contributed by atoms with van der Waals surface area (Å²) in [5.74, 6) is -0.464. The summed E-state index contributed by atoms with van der Waals surface area (Å²) in [7, 11) is -3.42. The first-order valence-electron chi connectivity index (χ1n) is 6.17. The Balaban J connectivity index is 0.00000220. The van der Waals surface area contributed by atoms with Crippen molar-refractivity contribution in [2.75, 3.05) is 37.2 Å². The molecule has 1 fully saturated rings. The zero-order chi connectivity index (χ0) is 14.8. The van der Waals surface area contributed by atoms with Crippen molar-refractivity contribution in [3.63, 3.8) is 0 Å². The van der Waals surface area contributed by atoms with E-state index in [1.165, 1.54) is 18.2 Å². The quantitative estimate of drug-likeness (QED) is 0.687. The number of aromatic hydroxyl groups is 1. The Bertz CT molecular complexity index is 615. The maximum Gasteiger partial charge on any atom is 0.257 e. The highest BCUT2D eigenvalue weighted by Crippen LogP contribution is 2.23. The van der Waals surface area contributed by atoms with E-state index in [-0.39, 0.29) is 35.3 Å². The highest BCUT2D eigenvalue weighted by atomic mass is 35.5. The smallest absolute Gasteiger partial charge is 0.257 e. The minimum absolute atomic E-state index is 0. The maximum absolute atomic E-state index is 12.3. The number of nitrogens with zero attached hydrogens (tertiary/aromatic N) is 1. The van der Waals surface area contributed by atoms with Gasteiger partial charge in [0, 0.05) is 31.9 Å². The van der Waals surface area contributed by atoms with Gasteiger partial charge in [0.15, 0.2) is 0 Å². The van der Waals surface area contributed by atoms with Gasteiger partial charge in [-0.2, -0.15) is 0 Å². The van der Waals surface area contributed by atoms with Gasteiger partial charge in [-0.05, 0) is 18.2 Å². The molecule has 3 N–H and O–H groups in total. The minimum atomic E-state index is -3.42. The topological polar surface area (TPSA) is 98.7 Å². The SMILES string of the molecule is CS(=O)(=O)Nc1ccc(O)c(C(=O)N2CCNCC2)c1.Cl. The molecule has 21 heavy (non-hydrogen) atoms. The van der Waals surface area contributed by atoms with Crippen LogP contribution in [-0.4, -0.2) is 56.8 Å². The van der Waals surface area contributed by atoms with Crippen LogP contribution in [0.5, 0.6) is 5.75 Å². The summed E-state index contributed by atoms with van der Waals surface area (Å²) >= 11 is 0. The minimum Gasteiger partial charge on any atom is -0.507 e. The summed E-state index contributed by atoms with van der Waals surface area (Å²) in [5, 5.41) is 12.9. The van der Waals surface area contributed by atoms with Crippen molar-refractivity contribution in [3.05, 3.63) is 23.8 Å². The average molecular weight is 336 g/mol. The number of rotatable bonds is 3. The second-order valence-electron chi connectivity index (χ2n) is 4.65. The largest absolute Gasteiger partial charge is 0.507 e. The van der Waals surface area contributed by atoms with Crippen LogP contribution in [0.25, 0.3) is 0 Å². The van der Waals surface area contributed by atoms with Crippen LogP contribution in [0.2, 0.25) is 0 Å². The Morgan fingerprint density at radius 3 is 2.52 bits per heavy atom. The number of carbonyl (C=O) groups is 1. The number of nitrogens with one attached hydrogen (secondary N) is 2. The standard InChI is InChI=1S/C12H17N3O4S.ClH/c1-20(18,19)14-9-2-3-11(16)10(8-9)12(17)15-6-4-13-5-7-15;/h2-3,8,13-14,16H,4-7H2,1H3;1H. The summed E-state index contributed by atoms with van der Waals surface area (Å²) in [5.41, 5.74) is 0.351. The number of amides is 1. The van der Waals surface area contributed by atoms with Gasteiger partial charge in [-0.3, -0.25) is 9.52 Å². The van der Waals surface area contributed by atoms with Gasteiger partial charge in [-0.15, -0.1) is 12.4 Å². The van der Waals surface area contributed by atoms with Crippen LogP contribution < -0.4 is 10.0 Å². The third-order valence-electron chi connectivity index (χ3n) is 2.93. The molecular formula is C12H18ClN3O4S. The van der Waals surface area contributed by atoms with Crippen LogP contribution in [-0.2, 0) is 10.0 Å². The molecule has 0 bridgehead atoms. The first-order chi connectivity index (χ1) is 9.37. The fourth-order valence-corrected chi connectivity index (χ4v) is 2.58. The molecular weight excluding hydrogens is 318 g/mol. The molecule has 0 aromatic heterocycles. The van der Waals surface area contributed by atoms with Crippen molar-refractivity contribution in [2.24, 2.45) is 0 Å². The van der Waals surface area contributed by atoms with E-state index in [1.807, 2.05) is 0 Å². The molecule has 7 nitrogen and oxygen atoms in total. The molecule has 1 heterocycles. The van der Waals surface area contributed by atoms with E-state index in [9.17, 15) is 18.3 Å². The summed E-state index contributed by atoms with van der Waals surface area (Å²) in [6.45, 7) is 2.52. The number of phenols is 1. The lowest BCUT2D eigenvalue weighted by molar-refractivity contribution is 0.0733. The third kappa shape index (κ3) is 4.76. The van der Waals surface area contributed by atoms with Crippen LogP contribution in [0, 0.1) is 0 Å². The van der Waals surface area contributed by atoms with Gasteiger partial charge in [-0.25, -0.2) is 8.42 Å². The van der Waals surface area contributed by atoms with Crippen LogP contribution in [0.3, 0.4) is 0 Å². The third-order valence-corrected chi connectivity index (χ3v) is 3.54. The van der Waals surface area contributed by atoms with E-state index in [1.54, 1.807) is 4.90 Å². The Morgan fingerprint density at radius 1 is 1.33 bits per heavy atom. The maximum atomic E-state index is 12.3. The number of hydrogen-bond acceptors (Lipinski definition) is 5. The lowest BCUT2D eigenvalue weighted by atomic mass is 10.1. The zero-order valence-electron chi connectivity index (χ0n) is 11.5. The number of hydrogen-bond donors (Lipinski definition) is 3. The van der Waals surface area contributed by atoms with Crippen LogP contribution in [0.15, 0.2) is 18.2 Å². The molecule has 1 aliphatic heterocycles. The summed E-state index contributed by atoms with van der Waals surface area (Å²) in [6, 6.07) is 4.06. The fraction of sp³-hybridized carbons (Fsp3) is 0.417. The first kappa shape index (κ1) is 17.5. The predicted octanol–water partition coefficient (Wildman–Crippen LogP) is 0.231. The van der Waals surface area contributed by atoms with Crippen molar-refractivity contribution in [2.45, 2.75) is 0 Å². The number of anilines is 1. The van der Waals surface area contributed by atoms with Gasteiger partial charge < -0.3 is 15.3 Å². The predicted molar refractivity (Wildman–Crippen MR) is 82.6 cm³/mol. The first-order valence-corrected chi connectivity index (χ1v) is 8.07. The number of benzene rings is 1. The van der Waals surface area contributed by atoms with Crippen molar-refractivity contribution in [1.29, 1.82) is 0 Å². The summed E-state index contributed by atoms with van der Waals surface area (Å²) in [6.07, 6.45) is 1.03. The lowest BCUT2D eigenvalue weighted by Crippen LogP contribution is -2.46. The summed E-state index contributed by atoms with van der Waals surface area (Å²) < 4.78 is 24.7. The molecule has 0 radical (unpaired) electrons. The molecule has 1 saturated heterocycles. The molecule has 1 aliphatic rings. The Hall–Kier alpha value is -1.51. The number of halogens is 1. The molecule has 9 heteroatoms. The van der Waals surface area contributed by atoms with Crippen molar-refractivity contribution >= 4 is 34.0 Å². The van der Waals surface area contributed by atoms with E-state index < -0.39 is 10.0 Å². The molecule has 0 spiro atoms. The highest BCUT2D eigenvalue weighted by molar-refractivity contribution is 7.92. The van der Waals surface area contributed by atoms with Gasteiger partial charge in [0.05, 0.1) is 11.8 Å². The average Bonchev–Trinajstić information content (AvgIpc) is 2.40. The highest BCUT2D eigenvalue weighted by Gasteiger charge is 2.21. The van der Waals surface area contributed by atoms with Gasteiger partial charge >= 0.3 is 0 Å². The van der Waals surface area contributed by atoms with Gasteiger partial charge in [0.25, 0.3) is 5.91 Å². The molecule has 0 atom stereocenters. The van der Waals surface area contributed by atoms with Crippen molar-refractivity contribution in [1.82, 2.24) is 10.2 Å². The Labute approximate surface area is 129 Å². The van der Waals surface area contributed by atoms with E-state index in [0.29, 0.717) is 26.2 Å². The van der Waals surface area contributed by atoms with Gasteiger partial charge in [0.2, 0.25) is 10.0 Å². The Morgan fingerprint density at radius 2 is 1.95 bits per heavy atom. The second-order valence-corrected chi connectivity index (χ2v) is 6.40. The normalized spacial score (nSPS) is 15.2.